The van der Waals surface area contributed by atoms with Crippen LogP contribution in [0.5, 0.6) is 0 Å². The Kier molecular flexibility index (Phi) is 9.41. The Balaban J connectivity index is 1.86. The molecule has 0 aliphatic carbocycles. The summed E-state index contributed by atoms with van der Waals surface area (Å²) < 4.78 is 28.4. The van der Waals surface area contributed by atoms with Crippen molar-refractivity contribution in [3.63, 3.8) is 0 Å². The van der Waals surface area contributed by atoms with Crippen molar-refractivity contribution in [3.8, 4) is 0 Å². The zero-order chi connectivity index (χ0) is 27.2. The number of nitro benzene ring substituents is 1. The van der Waals surface area contributed by atoms with Gasteiger partial charge in [0.05, 0.1) is 11.0 Å². The zero-order valence-electron chi connectivity index (χ0n) is 19.5. The third-order valence-electron chi connectivity index (χ3n) is 4.76. The highest BCUT2D eigenvalue weighted by Gasteiger charge is 2.41. The first-order chi connectivity index (χ1) is 17.5. The summed E-state index contributed by atoms with van der Waals surface area (Å²) in [6.45, 7) is 2.25. The fraction of sp³-hybridized carbons (Fsp3) is 0.217. The summed E-state index contributed by atoms with van der Waals surface area (Å²) in [6.07, 6.45) is 0.987. The van der Waals surface area contributed by atoms with E-state index >= 15 is 0 Å². The summed E-state index contributed by atoms with van der Waals surface area (Å²) >= 11 is 7.33. The minimum absolute atomic E-state index is 0.141. The van der Waals surface area contributed by atoms with Gasteiger partial charge in [0.2, 0.25) is 12.7 Å². The van der Waals surface area contributed by atoms with E-state index in [1.165, 1.54) is 47.2 Å². The number of amides is 1. The van der Waals surface area contributed by atoms with Gasteiger partial charge in [0.25, 0.3) is 5.69 Å². The third-order valence-corrected chi connectivity index (χ3v) is 7.62. The van der Waals surface area contributed by atoms with Crippen LogP contribution in [0, 0.1) is 10.1 Å². The molecule has 1 aromatic heterocycles. The first-order valence-electron chi connectivity index (χ1n) is 10.7. The number of non-ortho nitro benzene ring substituents is 1. The van der Waals surface area contributed by atoms with E-state index in [0.29, 0.717) is 20.7 Å². The molecular formula is C23H22ClN2O9PS. The molecule has 0 aliphatic rings. The second-order valence-corrected chi connectivity index (χ2v) is 11.1. The second kappa shape index (κ2) is 12.3. The van der Waals surface area contributed by atoms with Crippen molar-refractivity contribution < 1.29 is 38.0 Å². The van der Waals surface area contributed by atoms with Gasteiger partial charge in [-0.3, -0.25) is 24.0 Å². The molecule has 2 atom stereocenters. The molecule has 2 N–H and O–H groups in total. The summed E-state index contributed by atoms with van der Waals surface area (Å²) in [5.74, 6) is -0.906. The fourth-order valence-electron chi connectivity index (χ4n) is 3.19. The molecule has 1 amide bonds. The van der Waals surface area contributed by atoms with Gasteiger partial charge < -0.3 is 19.7 Å². The van der Waals surface area contributed by atoms with Gasteiger partial charge in [-0.25, -0.2) is 4.79 Å². The Hall–Kier alpha value is -3.28. The van der Waals surface area contributed by atoms with Crippen LogP contribution in [-0.4, -0.2) is 34.8 Å². The van der Waals surface area contributed by atoms with E-state index < -0.39 is 43.1 Å². The minimum Gasteiger partial charge on any atom is -0.432 e. The van der Waals surface area contributed by atoms with Crippen molar-refractivity contribution in [2.24, 2.45) is 0 Å². The average molecular weight is 569 g/mol. The smallest absolute Gasteiger partial charge is 0.432 e. The Bertz CT molecular complexity index is 1390. The molecule has 2 unspecified atom stereocenters. The highest BCUT2D eigenvalue weighted by Crippen LogP contribution is 2.58. The predicted molar refractivity (Wildman–Crippen MR) is 138 cm³/mol. The van der Waals surface area contributed by atoms with Crippen molar-refractivity contribution in [3.05, 3.63) is 80.3 Å². The number of nitrogens with one attached hydrogen (secondary N) is 1. The van der Waals surface area contributed by atoms with E-state index in [9.17, 15) is 29.2 Å². The van der Waals surface area contributed by atoms with E-state index in [1.54, 1.807) is 38.1 Å². The summed E-state index contributed by atoms with van der Waals surface area (Å²) in [7, 11) is -4.79. The van der Waals surface area contributed by atoms with Gasteiger partial charge in [-0.2, -0.15) is 0 Å². The number of hydrogen-bond donors (Lipinski definition) is 2. The molecule has 3 aromatic rings. The first-order valence-corrected chi connectivity index (χ1v) is 13.6. The van der Waals surface area contributed by atoms with E-state index in [-0.39, 0.29) is 11.3 Å². The first kappa shape index (κ1) is 28.3. The number of fused-ring (bicyclic) bond motifs is 1. The van der Waals surface area contributed by atoms with Crippen LogP contribution < -0.4 is 5.32 Å². The fourth-order valence-corrected chi connectivity index (χ4v) is 5.72. The Morgan fingerprint density at radius 2 is 2.03 bits per heavy atom. The maximum absolute atomic E-state index is 13.3. The summed E-state index contributed by atoms with van der Waals surface area (Å²) in [6, 6.07) is 10.6. The van der Waals surface area contributed by atoms with Crippen LogP contribution in [0.25, 0.3) is 16.2 Å². The van der Waals surface area contributed by atoms with Crippen molar-refractivity contribution in [2.45, 2.75) is 25.6 Å². The van der Waals surface area contributed by atoms with Crippen LogP contribution >= 0.6 is 30.5 Å². The number of ether oxygens (including phenoxy) is 2. The molecule has 0 saturated carbocycles. The van der Waals surface area contributed by atoms with Crippen molar-refractivity contribution in [1.82, 2.24) is 5.32 Å². The van der Waals surface area contributed by atoms with Crippen LogP contribution in [0.4, 0.5) is 10.5 Å². The van der Waals surface area contributed by atoms with Crippen LogP contribution in [-0.2, 0) is 23.4 Å². The number of nitro groups is 1. The SMILES string of the molecule is CC(C)OC(=O)OCOP(=O)(O)C(C(=O)NC=Cc1cccc([N+](=O)[O-])c1)c1csc2ccc(Cl)cc12. The lowest BCUT2D eigenvalue weighted by Crippen LogP contribution is -2.26. The highest BCUT2D eigenvalue weighted by molar-refractivity contribution is 7.54. The van der Waals surface area contributed by atoms with Crippen LogP contribution in [0.3, 0.4) is 0 Å². The largest absolute Gasteiger partial charge is 0.510 e. The van der Waals surface area contributed by atoms with Crippen LogP contribution in [0.2, 0.25) is 5.02 Å². The lowest BCUT2D eigenvalue weighted by atomic mass is 10.1. The number of benzene rings is 2. The molecule has 0 spiro atoms. The zero-order valence-corrected chi connectivity index (χ0v) is 22.0. The van der Waals surface area contributed by atoms with Crippen molar-refractivity contribution >= 4 is 64.4 Å². The number of carbonyl (C=O) groups is 2. The number of hydrogen-bond acceptors (Lipinski definition) is 9. The highest BCUT2D eigenvalue weighted by atomic mass is 35.5. The van der Waals surface area contributed by atoms with Gasteiger partial charge in [0.15, 0.2) is 5.66 Å². The summed E-state index contributed by atoms with van der Waals surface area (Å²) in [5.41, 5.74) is -1.27. The molecule has 11 nitrogen and oxygen atoms in total. The summed E-state index contributed by atoms with van der Waals surface area (Å²) in [4.78, 5) is 45.9. The molecule has 0 fully saturated rings. The van der Waals surface area contributed by atoms with E-state index in [4.69, 9.17) is 20.9 Å². The number of thiophene rings is 1. The molecule has 14 heteroatoms. The van der Waals surface area contributed by atoms with Gasteiger partial charge in [-0.05, 0) is 60.0 Å². The molecule has 2 aromatic carbocycles. The monoisotopic (exact) mass is 568 g/mol. The molecule has 3 rings (SSSR count). The number of nitrogens with zero attached hydrogens (tertiary/aromatic N) is 1. The van der Waals surface area contributed by atoms with E-state index in [2.05, 4.69) is 10.1 Å². The van der Waals surface area contributed by atoms with Crippen molar-refractivity contribution in [2.75, 3.05) is 6.79 Å². The van der Waals surface area contributed by atoms with Gasteiger partial charge in [-0.1, -0.05) is 23.7 Å². The average Bonchev–Trinajstić information content (AvgIpc) is 3.21. The lowest BCUT2D eigenvalue weighted by molar-refractivity contribution is -0.384. The van der Waals surface area contributed by atoms with Gasteiger partial charge in [0.1, 0.15) is 0 Å². The van der Waals surface area contributed by atoms with Gasteiger partial charge in [-0.15, -0.1) is 11.3 Å². The maximum Gasteiger partial charge on any atom is 0.510 e. The molecular weight excluding hydrogens is 547 g/mol. The predicted octanol–water partition coefficient (Wildman–Crippen LogP) is 6.01. The second-order valence-electron chi connectivity index (χ2n) is 7.80. The topological polar surface area (TPSA) is 154 Å². The molecule has 0 aliphatic heterocycles. The number of halogens is 1. The maximum atomic E-state index is 13.3. The number of carbonyl (C=O) groups excluding carboxylic acids is 2. The molecule has 196 valence electrons. The number of rotatable bonds is 10. The lowest BCUT2D eigenvalue weighted by Gasteiger charge is -2.21. The molecule has 0 bridgehead atoms. The molecule has 1 heterocycles. The molecule has 0 radical (unpaired) electrons. The third kappa shape index (κ3) is 7.61. The van der Waals surface area contributed by atoms with Crippen LogP contribution in [0.15, 0.2) is 54.0 Å². The summed E-state index contributed by atoms with van der Waals surface area (Å²) in [5, 5.41) is 15.7. The standard InChI is InChI=1S/C23H22ClN2O9PS/c1-14(2)35-23(28)33-13-34-36(31,32)21(19-12-37-20-7-6-16(24)11-18(19)20)22(27)25-9-8-15-4-3-5-17(10-15)26(29)30/h3-12,14,21H,13H2,1-2H3,(H,25,27)(H,31,32). The quantitative estimate of drug-likeness (QED) is 0.0982. The normalized spacial score (nSPS) is 13.9. The molecule has 0 saturated heterocycles. The Morgan fingerprint density at radius 3 is 2.73 bits per heavy atom. The van der Waals surface area contributed by atoms with Crippen molar-refractivity contribution in [1.29, 1.82) is 0 Å². The van der Waals surface area contributed by atoms with Crippen LogP contribution in [0.1, 0.15) is 30.6 Å². The van der Waals surface area contributed by atoms with Gasteiger partial charge >= 0.3 is 13.8 Å². The van der Waals surface area contributed by atoms with E-state index in [1.807, 2.05) is 0 Å². The van der Waals surface area contributed by atoms with Gasteiger partial charge in [0, 0.05) is 28.1 Å². The Morgan fingerprint density at radius 1 is 1.27 bits per heavy atom. The van der Waals surface area contributed by atoms with E-state index in [0.717, 1.165) is 0 Å². The minimum atomic E-state index is -4.79. The Labute approximate surface area is 220 Å². The molecule has 37 heavy (non-hydrogen) atoms.